The fraction of sp³-hybridized carbons (Fsp3) is 0.360. The normalized spacial score (nSPS) is 20.8. The SMILES string of the molecule is CC(C)c1ccc([C@@H]2c3c(oc4ccc(Br)cc4c3=O)C(=O)N2C[C@H]2CCCO2)cc1. The van der Waals surface area contributed by atoms with Crippen LogP contribution in [-0.4, -0.2) is 30.1 Å². The molecule has 2 aromatic carbocycles. The lowest BCUT2D eigenvalue weighted by Gasteiger charge is -2.27. The number of hydrogen-bond donors (Lipinski definition) is 0. The first kappa shape index (κ1) is 20.5. The number of nitrogens with zero attached hydrogens (tertiary/aromatic N) is 1. The molecule has 0 unspecified atom stereocenters. The fourth-order valence-electron chi connectivity index (χ4n) is 4.60. The Hall–Kier alpha value is -2.44. The minimum absolute atomic E-state index is 0.0191. The summed E-state index contributed by atoms with van der Waals surface area (Å²) in [6.07, 6.45) is 1.88. The molecule has 0 N–H and O–H groups in total. The van der Waals surface area contributed by atoms with E-state index in [9.17, 15) is 9.59 Å². The molecule has 0 spiro atoms. The van der Waals surface area contributed by atoms with E-state index in [0.29, 0.717) is 35.6 Å². The van der Waals surface area contributed by atoms with Crippen molar-refractivity contribution in [2.45, 2.75) is 44.8 Å². The molecular weight excluding hydrogens is 458 g/mol. The predicted molar refractivity (Wildman–Crippen MR) is 123 cm³/mol. The van der Waals surface area contributed by atoms with Gasteiger partial charge in [0.25, 0.3) is 5.91 Å². The van der Waals surface area contributed by atoms with Gasteiger partial charge in [0.1, 0.15) is 5.58 Å². The van der Waals surface area contributed by atoms with Crippen molar-refractivity contribution < 1.29 is 13.9 Å². The van der Waals surface area contributed by atoms with E-state index in [1.807, 2.05) is 18.2 Å². The summed E-state index contributed by atoms with van der Waals surface area (Å²) in [5.41, 5.74) is 2.82. The van der Waals surface area contributed by atoms with E-state index in [-0.39, 0.29) is 23.2 Å². The van der Waals surface area contributed by atoms with Crippen LogP contribution in [0.25, 0.3) is 11.0 Å². The van der Waals surface area contributed by atoms with Gasteiger partial charge in [-0.25, -0.2) is 0 Å². The standard InChI is InChI=1S/C25H24BrNO4/c1-14(2)15-5-7-16(8-6-15)22-21-23(28)19-12-17(26)9-10-20(19)31-24(21)25(29)27(22)13-18-4-3-11-30-18/h5-10,12,14,18,22H,3-4,11,13H2,1-2H3/t18-,22-/m1/s1. The lowest BCUT2D eigenvalue weighted by molar-refractivity contribution is 0.0486. The molecular formula is C25H24BrNO4. The molecule has 0 radical (unpaired) electrons. The Morgan fingerprint density at radius 1 is 1.13 bits per heavy atom. The number of hydrogen-bond acceptors (Lipinski definition) is 4. The zero-order valence-electron chi connectivity index (χ0n) is 17.6. The number of rotatable bonds is 4. The smallest absolute Gasteiger partial charge is 0.291 e. The highest BCUT2D eigenvalue weighted by Crippen LogP contribution is 2.39. The van der Waals surface area contributed by atoms with Crippen LogP contribution < -0.4 is 5.43 Å². The van der Waals surface area contributed by atoms with Crippen LogP contribution in [0.4, 0.5) is 0 Å². The summed E-state index contributed by atoms with van der Waals surface area (Å²) in [6, 6.07) is 13.0. The van der Waals surface area contributed by atoms with Gasteiger partial charge in [-0.05, 0) is 48.1 Å². The second kappa shape index (κ2) is 7.92. The summed E-state index contributed by atoms with van der Waals surface area (Å²) >= 11 is 3.44. The van der Waals surface area contributed by atoms with Crippen molar-refractivity contribution in [2.24, 2.45) is 0 Å². The average molecular weight is 482 g/mol. The van der Waals surface area contributed by atoms with Crippen LogP contribution in [0, 0.1) is 0 Å². The Bertz CT molecular complexity index is 1210. The number of carbonyl (C=O) groups excluding carboxylic acids is 1. The first-order valence-corrected chi connectivity index (χ1v) is 11.5. The van der Waals surface area contributed by atoms with Crippen LogP contribution in [0.2, 0.25) is 0 Å². The van der Waals surface area contributed by atoms with Crippen molar-refractivity contribution >= 4 is 32.8 Å². The summed E-state index contributed by atoms with van der Waals surface area (Å²) in [6.45, 7) is 5.44. The lowest BCUT2D eigenvalue weighted by atomic mass is 9.95. The lowest BCUT2D eigenvalue weighted by Crippen LogP contribution is -2.36. The Morgan fingerprint density at radius 2 is 1.90 bits per heavy atom. The Balaban J connectivity index is 1.68. The molecule has 0 bridgehead atoms. The van der Waals surface area contributed by atoms with E-state index in [1.165, 1.54) is 5.56 Å². The Labute approximate surface area is 189 Å². The Morgan fingerprint density at radius 3 is 2.58 bits per heavy atom. The number of carbonyl (C=O) groups is 1. The second-order valence-electron chi connectivity index (χ2n) is 8.63. The number of fused-ring (bicyclic) bond motifs is 2. The highest BCUT2D eigenvalue weighted by atomic mass is 79.9. The van der Waals surface area contributed by atoms with Crippen molar-refractivity contribution in [3.05, 3.63) is 79.6 Å². The molecule has 5 nitrogen and oxygen atoms in total. The zero-order valence-corrected chi connectivity index (χ0v) is 19.1. The minimum Gasteiger partial charge on any atom is -0.450 e. The van der Waals surface area contributed by atoms with Gasteiger partial charge in [0, 0.05) is 17.6 Å². The summed E-state index contributed by atoms with van der Waals surface area (Å²) in [5.74, 6) is 0.307. The van der Waals surface area contributed by atoms with E-state index in [1.54, 1.807) is 17.0 Å². The molecule has 1 saturated heterocycles. The van der Waals surface area contributed by atoms with Gasteiger partial charge in [0.05, 0.1) is 23.1 Å². The minimum atomic E-state index is -0.479. The van der Waals surface area contributed by atoms with E-state index in [4.69, 9.17) is 9.15 Å². The highest BCUT2D eigenvalue weighted by molar-refractivity contribution is 9.10. The van der Waals surface area contributed by atoms with Gasteiger partial charge in [-0.3, -0.25) is 9.59 Å². The predicted octanol–water partition coefficient (Wildman–Crippen LogP) is 5.40. The molecule has 2 aliphatic rings. The molecule has 6 heteroatoms. The molecule has 1 aromatic heterocycles. The van der Waals surface area contributed by atoms with E-state index in [2.05, 4.69) is 41.9 Å². The largest absolute Gasteiger partial charge is 0.450 e. The zero-order chi connectivity index (χ0) is 21.7. The van der Waals surface area contributed by atoms with Gasteiger partial charge in [0.15, 0.2) is 5.43 Å². The van der Waals surface area contributed by atoms with Crippen molar-refractivity contribution in [3.63, 3.8) is 0 Å². The summed E-state index contributed by atoms with van der Waals surface area (Å²) < 4.78 is 12.6. The fourth-order valence-corrected chi connectivity index (χ4v) is 4.96. The number of ether oxygens (including phenoxy) is 1. The maximum atomic E-state index is 13.6. The van der Waals surface area contributed by atoms with E-state index in [0.717, 1.165) is 22.9 Å². The molecule has 0 saturated carbocycles. The molecule has 2 aliphatic heterocycles. The molecule has 0 aliphatic carbocycles. The van der Waals surface area contributed by atoms with Crippen molar-refractivity contribution in [1.29, 1.82) is 0 Å². The van der Waals surface area contributed by atoms with Crippen LogP contribution in [0.1, 0.15) is 65.9 Å². The van der Waals surface area contributed by atoms with Gasteiger partial charge in [-0.15, -0.1) is 0 Å². The Kier molecular flexibility index (Phi) is 5.22. The van der Waals surface area contributed by atoms with Crippen LogP contribution in [0.5, 0.6) is 0 Å². The third-order valence-corrected chi connectivity index (χ3v) is 6.76. The van der Waals surface area contributed by atoms with Gasteiger partial charge in [0.2, 0.25) is 5.76 Å². The van der Waals surface area contributed by atoms with Crippen molar-refractivity contribution in [2.75, 3.05) is 13.2 Å². The maximum absolute atomic E-state index is 13.6. The number of benzene rings is 2. The molecule has 1 fully saturated rings. The van der Waals surface area contributed by atoms with Crippen LogP contribution in [-0.2, 0) is 4.74 Å². The van der Waals surface area contributed by atoms with E-state index < -0.39 is 6.04 Å². The highest BCUT2D eigenvalue weighted by Gasteiger charge is 2.43. The van der Waals surface area contributed by atoms with Crippen molar-refractivity contribution in [3.8, 4) is 0 Å². The summed E-state index contributed by atoms with van der Waals surface area (Å²) in [7, 11) is 0. The number of amides is 1. The quantitative estimate of drug-likeness (QED) is 0.500. The van der Waals surface area contributed by atoms with Gasteiger partial charge in [-0.1, -0.05) is 54.0 Å². The third-order valence-electron chi connectivity index (χ3n) is 6.27. The summed E-state index contributed by atoms with van der Waals surface area (Å²) in [4.78, 5) is 28.8. The molecule has 3 heterocycles. The molecule has 2 atom stereocenters. The molecule has 1 amide bonds. The molecule has 3 aromatic rings. The number of halogens is 1. The van der Waals surface area contributed by atoms with Crippen LogP contribution in [0.15, 0.2) is 56.1 Å². The third kappa shape index (κ3) is 3.52. The van der Waals surface area contributed by atoms with Crippen LogP contribution >= 0.6 is 15.9 Å². The van der Waals surface area contributed by atoms with Gasteiger partial charge < -0.3 is 14.1 Å². The average Bonchev–Trinajstić information content (AvgIpc) is 3.36. The van der Waals surface area contributed by atoms with Gasteiger partial charge >= 0.3 is 0 Å². The first-order chi connectivity index (χ1) is 14.9. The monoisotopic (exact) mass is 481 g/mol. The molecule has 160 valence electrons. The second-order valence-corrected chi connectivity index (χ2v) is 9.55. The maximum Gasteiger partial charge on any atom is 0.291 e. The van der Waals surface area contributed by atoms with Crippen LogP contribution in [0.3, 0.4) is 0 Å². The summed E-state index contributed by atoms with van der Waals surface area (Å²) in [5, 5.41) is 0.476. The first-order valence-electron chi connectivity index (χ1n) is 10.7. The van der Waals surface area contributed by atoms with E-state index >= 15 is 0 Å². The topological polar surface area (TPSA) is 59.8 Å². The molecule has 31 heavy (non-hydrogen) atoms. The van der Waals surface area contributed by atoms with Gasteiger partial charge in [-0.2, -0.15) is 0 Å². The molecule has 5 rings (SSSR count). The van der Waals surface area contributed by atoms with Crippen molar-refractivity contribution in [1.82, 2.24) is 4.90 Å².